The number of ether oxygens (including phenoxy) is 2. The molecular weight excluding hydrogens is 198 g/mol. The van der Waals surface area contributed by atoms with E-state index in [-0.39, 0.29) is 6.10 Å². The second-order valence-electron chi connectivity index (χ2n) is 3.08. The van der Waals surface area contributed by atoms with Crippen molar-refractivity contribution in [2.24, 2.45) is 0 Å². The van der Waals surface area contributed by atoms with E-state index in [9.17, 15) is 4.79 Å². The van der Waals surface area contributed by atoms with E-state index in [0.717, 1.165) is 11.3 Å². The van der Waals surface area contributed by atoms with Crippen molar-refractivity contribution < 1.29 is 19.1 Å². The molecule has 5 nitrogen and oxygen atoms in total. The number of hydroxylamine groups is 1. The van der Waals surface area contributed by atoms with Gasteiger partial charge in [-0.1, -0.05) is 12.1 Å². The summed E-state index contributed by atoms with van der Waals surface area (Å²) in [7, 11) is 1.60. The number of carbonyl (C=O) groups excluding carboxylic acids is 1. The number of benzene rings is 1. The van der Waals surface area contributed by atoms with Gasteiger partial charge < -0.3 is 9.47 Å². The monoisotopic (exact) mass is 209 g/mol. The molecule has 1 fully saturated rings. The summed E-state index contributed by atoms with van der Waals surface area (Å²) in [6, 6.07) is 7.30. The molecule has 1 saturated heterocycles. The molecular formula is C10H11NO4. The summed E-state index contributed by atoms with van der Waals surface area (Å²) in [5.41, 5.74) is 3.00. The van der Waals surface area contributed by atoms with Crippen molar-refractivity contribution in [2.45, 2.75) is 6.10 Å². The van der Waals surface area contributed by atoms with E-state index in [1.807, 2.05) is 24.3 Å². The highest BCUT2D eigenvalue weighted by atomic mass is 16.7. The molecule has 15 heavy (non-hydrogen) atoms. The van der Waals surface area contributed by atoms with Crippen LogP contribution in [0, 0.1) is 0 Å². The van der Waals surface area contributed by atoms with Crippen LogP contribution in [0.1, 0.15) is 11.7 Å². The molecule has 1 aliphatic rings. The summed E-state index contributed by atoms with van der Waals surface area (Å²) >= 11 is 0. The van der Waals surface area contributed by atoms with Crippen LogP contribution in [0.3, 0.4) is 0 Å². The highest BCUT2D eigenvalue weighted by Gasteiger charge is 2.22. The summed E-state index contributed by atoms with van der Waals surface area (Å²) in [6.07, 6.45) is -0.924. The Hall–Kier alpha value is -1.75. The molecule has 0 aliphatic carbocycles. The first-order valence-electron chi connectivity index (χ1n) is 4.52. The molecule has 0 aromatic heterocycles. The van der Waals surface area contributed by atoms with Gasteiger partial charge in [0.1, 0.15) is 12.4 Å². The minimum absolute atomic E-state index is 0.304. The molecule has 1 unspecified atom stereocenters. The molecule has 2 rings (SSSR count). The summed E-state index contributed by atoms with van der Waals surface area (Å²) in [5.74, 6) is 0.764. The molecule has 80 valence electrons. The second-order valence-corrected chi connectivity index (χ2v) is 3.08. The van der Waals surface area contributed by atoms with Crippen molar-refractivity contribution in [2.75, 3.05) is 13.7 Å². The van der Waals surface area contributed by atoms with Crippen LogP contribution in [0.2, 0.25) is 0 Å². The minimum atomic E-state index is -0.568. The number of hydrogen-bond acceptors (Lipinski definition) is 4. The van der Waals surface area contributed by atoms with Crippen molar-refractivity contribution in [1.29, 1.82) is 0 Å². The van der Waals surface area contributed by atoms with Crippen LogP contribution in [0.15, 0.2) is 24.3 Å². The van der Waals surface area contributed by atoms with Crippen molar-refractivity contribution in [3.05, 3.63) is 29.8 Å². The molecule has 0 bridgehead atoms. The Morgan fingerprint density at radius 3 is 2.73 bits per heavy atom. The fourth-order valence-electron chi connectivity index (χ4n) is 1.35. The summed E-state index contributed by atoms with van der Waals surface area (Å²) < 4.78 is 10.1. The summed E-state index contributed by atoms with van der Waals surface area (Å²) in [6.45, 7) is 0.304. The molecule has 1 heterocycles. The Morgan fingerprint density at radius 1 is 1.40 bits per heavy atom. The zero-order chi connectivity index (χ0) is 10.7. The van der Waals surface area contributed by atoms with Crippen LogP contribution in [-0.4, -0.2) is 19.8 Å². The van der Waals surface area contributed by atoms with Gasteiger partial charge in [0.05, 0.1) is 7.11 Å². The number of nitrogens with one attached hydrogen (secondary N) is 1. The maximum atomic E-state index is 10.9. The van der Waals surface area contributed by atoms with Gasteiger partial charge in [0.15, 0.2) is 6.10 Å². The van der Waals surface area contributed by atoms with E-state index in [1.165, 1.54) is 0 Å². The van der Waals surface area contributed by atoms with Crippen molar-refractivity contribution in [3.63, 3.8) is 0 Å². The molecule has 1 aromatic rings. The van der Waals surface area contributed by atoms with Gasteiger partial charge in [0.25, 0.3) is 0 Å². The van der Waals surface area contributed by atoms with Crippen LogP contribution >= 0.6 is 0 Å². The third kappa shape index (κ3) is 2.19. The van der Waals surface area contributed by atoms with Crippen molar-refractivity contribution in [3.8, 4) is 5.75 Å². The van der Waals surface area contributed by atoms with Crippen molar-refractivity contribution in [1.82, 2.24) is 5.48 Å². The Bertz CT molecular complexity index is 349. The highest BCUT2D eigenvalue weighted by molar-refractivity contribution is 5.66. The largest absolute Gasteiger partial charge is 0.497 e. The topological polar surface area (TPSA) is 56.8 Å². The fraction of sp³-hybridized carbons (Fsp3) is 0.300. The van der Waals surface area contributed by atoms with Gasteiger partial charge in [-0.05, 0) is 17.7 Å². The van der Waals surface area contributed by atoms with E-state index in [0.29, 0.717) is 6.61 Å². The van der Waals surface area contributed by atoms with Gasteiger partial charge in [0.2, 0.25) is 0 Å². The second kappa shape index (κ2) is 4.18. The molecule has 1 amide bonds. The van der Waals surface area contributed by atoms with Gasteiger partial charge in [-0.25, -0.2) is 4.79 Å². The SMILES string of the molecule is COc1ccc(C2CONC(=O)O2)cc1. The van der Waals surface area contributed by atoms with Gasteiger partial charge in [-0.2, -0.15) is 5.48 Å². The lowest BCUT2D eigenvalue weighted by Crippen LogP contribution is -2.35. The lowest BCUT2D eigenvalue weighted by molar-refractivity contribution is -0.0744. The van der Waals surface area contributed by atoms with Gasteiger partial charge in [-0.15, -0.1) is 0 Å². The van der Waals surface area contributed by atoms with Gasteiger partial charge >= 0.3 is 6.09 Å². The molecule has 0 saturated carbocycles. The Balaban J connectivity index is 2.11. The van der Waals surface area contributed by atoms with Crippen molar-refractivity contribution >= 4 is 6.09 Å². The average Bonchev–Trinajstić information content (AvgIpc) is 2.29. The van der Waals surface area contributed by atoms with Crippen LogP contribution < -0.4 is 10.2 Å². The Kier molecular flexibility index (Phi) is 2.73. The smallest absolute Gasteiger partial charge is 0.432 e. The average molecular weight is 209 g/mol. The van der Waals surface area contributed by atoms with Crippen LogP contribution in [0.5, 0.6) is 5.75 Å². The molecule has 1 aliphatic heterocycles. The number of carbonyl (C=O) groups is 1. The normalized spacial score (nSPS) is 20.3. The van der Waals surface area contributed by atoms with E-state index in [1.54, 1.807) is 7.11 Å². The maximum Gasteiger partial charge on any atom is 0.432 e. The Morgan fingerprint density at radius 2 is 2.13 bits per heavy atom. The molecule has 1 N–H and O–H groups in total. The lowest BCUT2D eigenvalue weighted by Gasteiger charge is -2.22. The summed E-state index contributed by atoms with van der Waals surface area (Å²) in [4.78, 5) is 15.7. The number of amides is 1. The molecule has 1 atom stereocenters. The van der Waals surface area contributed by atoms with E-state index >= 15 is 0 Å². The predicted octanol–water partition coefficient (Wildman–Crippen LogP) is 1.41. The van der Waals surface area contributed by atoms with E-state index in [4.69, 9.17) is 14.3 Å². The van der Waals surface area contributed by atoms with Crippen LogP contribution in [0.4, 0.5) is 4.79 Å². The lowest BCUT2D eigenvalue weighted by atomic mass is 10.1. The third-order valence-corrected chi connectivity index (χ3v) is 2.13. The first-order chi connectivity index (χ1) is 7.29. The summed E-state index contributed by atoms with van der Waals surface area (Å²) in [5, 5.41) is 0. The number of hydrogen-bond donors (Lipinski definition) is 1. The predicted molar refractivity (Wildman–Crippen MR) is 51.3 cm³/mol. The highest BCUT2D eigenvalue weighted by Crippen LogP contribution is 2.22. The first kappa shape index (κ1) is 9.79. The molecule has 0 spiro atoms. The van der Waals surface area contributed by atoms with Gasteiger partial charge in [0, 0.05) is 0 Å². The quantitative estimate of drug-likeness (QED) is 0.800. The first-order valence-corrected chi connectivity index (χ1v) is 4.52. The number of cyclic esters (lactones) is 1. The van der Waals surface area contributed by atoms with E-state index < -0.39 is 6.09 Å². The number of rotatable bonds is 2. The van der Waals surface area contributed by atoms with Gasteiger partial charge in [-0.3, -0.25) is 4.84 Å². The Labute approximate surface area is 86.9 Å². The standard InChI is InChI=1S/C10H11NO4/c1-13-8-4-2-7(3-5-8)9-6-14-11-10(12)15-9/h2-5,9H,6H2,1H3,(H,11,12). The van der Waals surface area contributed by atoms with Crippen LogP contribution in [-0.2, 0) is 9.57 Å². The molecule has 5 heteroatoms. The van der Waals surface area contributed by atoms with E-state index in [2.05, 4.69) is 5.48 Å². The third-order valence-electron chi connectivity index (χ3n) is 2.13. The minimum Gasteiger partial charge on any atom is -0.497 e. The number of methoxy groups -OCH3 is 1. The fourth-order valence-corrected chi connectivity index (χ4v) is 1.35. The molecule has 1 aromatic carbocycles. The zero-order valence-corrected chi connectivity index (χ0v) is 8.23. The van der Waals surface area contributed by atoms with Crippen LogP contribution in [0.25, 0.3) is 0 Å². The molecule has 0 radical (unpaired) electrons. The maximum absolute atomic E-state index is 10.9. The zero-order valence-electron chi connectivity index (χ0n) is 8.23.